The molecular weight excluding hydrogens is 640 g/mol. The van der Waals surface area contributed by atoms with Gasteiger partial charge in [0.1, 0.15) is 31.5 Å². The lowest BCUT2D eigenvalue weighted by Crippen LogP contribution is -2.66. The van der Waals surface area contributed by atoms with E-state index in [1.165, 1.54) is 13.8 Å². The van der Waals surface area contributed by atoms with Crippen LogP contribution in [0, 0.1) is 17.8 Å². The number of hydrogen-bond acceptors (Lipinski definition) is 16. The van der Waals surface area contributed by atoms with Crippen LogP contribution in [0.3, 0.4) is 0 Å². The second kappa shape index (κ2) is 18.8. The van der Waals surface area contributed by atoms with Gasteiger partial charge in [-0.1, -0.05) is 54.4 Å². The van der Waals surface area contributed by atoms with E-state index in [0.717, 1.165) is 13.8 Å². The summed E-state index contributed by atoms with van der Waals surface area (Å²) in [7, 11) is 0. The van der Waals surface area contributed by atoms with E-state index in [1.54, 1.807) is 13.8 Å². The van der Waals surface area contributed by atoms with Crippen LogP contribution in [0.2, 0.25) is 0 Å². The Hall–Kier alpha value is -2.89. The van der Waals surface area contributed by atoms with E-state index in [2.05, 4.69) is 0 Å². The first-order valence-electron chi connectivity index (χ1n) is 16.4. The number of aliphatic hydroxyl groups is 3. The molecule has 0 aromatic carbocycles. The second-order valence-corrected chi connectivity index (χ2v) is 12.5. The highest BCUT2D eigenvalue weighted by Gasteiger charge is 2.62. The summed E-state index contributed by atoms with van der Waals surface area (Å²) in [4.78, 5) is 63.4. The standard InChI is InChI=1S/C32H52O16/c1-9-11-17(5)29(39)44-23-22(14-41-19(7)35)43-31(48-32(15-34)27(37)24(42-20(8)36)21(13-33)47-32)26(46-28(38)16(3)4)25(23)45-30(40)18(6)12-10-2/h16-18,21-27,31,33-34,37H,9-15H2,1-8H3/t17?,18?,21-,22-,23-,24-,25+,26-,27+,31-,32+/m1/s1. The lowest BCUT2D eigenvalue weighted by molar-refractivity contribution is -0.384. The molecule has 276 valence electrons. The first-order chi connectivity index (χ1) is 22.5. The van der Waals surface area contributed by atoms with Crippen molar-refractivity contribution in [2.45, 2.75) is 136 Å². The predicted octanol–water partition coefficient (Wildman–Crippen LogP) is 0.927. The van der Waals surface area contributed by atoms with Gasteiger partial charge in [-0.25, -0.2) is 0 Å². The van der Waals surface area contributed by atoms with Crippen LogP contribution in [0.5, 0.6) is 0 Å². The van der Waals surface area contributed by atoms with Crippen molar-refractivity contribution in [1.82, 2.24) is 0 Å². The minimum atomic E-state index is -2.45. The quantitative estimate of drug-likeness (QED) is 0.143. The first kappa shape index (κ1) is 41.3. The van der Waals surface area contributed by atoms with Gasteiger partial charge in [-0.3, -0.25) is 24.0 Å². The third-order valence-electron chi connectivity index (χ3n) is 8.02. The number of aliphatic hydroxyl groups excluding tert-OH is 3. The molecule has 2 fully saturated rings. The van der Waals surface area contributed by atoms with Gasteiger partial charge in [0.25, 0.3) is 0 Å². The highest BCUT2D eigenvalue weighted by atomic mass is 16.8. The maximum atomic E-state index is 13.4. The number of carbonyl (C=O) groups is 5. The molecule has 16 nitrogen and oxygen atoms in total. The Labute approximate surface area is 280 Å². The van der Waals surface area contributed by atoms with Crippen LogP contribution in [0.4, 0.5) is 0 Å². The largest absolute Gasteiger partial charge is 0.463 e. The van der Waals surface area contributed by atoms with E-state index in [0.29, 0.717) is 25.7 Å². The topological polar surface area (TPSA) is 220 Å². The van der Waals surface area contributed by atoms with Crippen LogP contribution in [0.25, 0.3) is 0 Å². The maximum absolute atomic E-state index is 13.4. The summed E-state index contributed by atoms with van der Waals surface area (Å²) in [5, 5.41) is 31.6. The molecule has 2 heterocycles. The zero-order valence-corrected chi connectivity index (χ0v) is 28.9. The summed E-state index contributed by atoms with van der Waals surface area (Å²) >= 11 is 0. The van der Waals surface area contributed by atoms with Gasteiger partial charge in [0, 0.05) is 13.8 Å². The van der Waals surface area contributed by atoms with Crippen LogP contribution >= 0.6 is 0 Å². The molecule has 2 unspecified atom stereocenters. The van der Waals surface area contributed by atoms with Gasteiger partial charge in [-0.05, 0) is 12.8 Å². The summed E-state index contributed by atoms with van der Waals surface area (Å²) in [6, 6.07) is 0. The Balaban J connectivity index is 2.72. The van der Waals surface area contributed by atoms with E-state index in [9.17, 15) is 39.3 Å². The fourth-order valence-corrected chi connectivity index (χ4v) is 5.36. The molecular formula is C32H52O16. The third kappa shape index (κ3) is 10.6. The van der Waals surface area contributed by atoms with Gasteiger partial charge in [-0.15, -0.1) is 0 Å². The van der Waals surface area contributed by atoms with Crippen molar-refractivity contribution in [3.8, 4) is 0 Å². The minimum absolute atomic E-state index is 0.432. The Bertz CT molecular complexity index is 1100. The Morgan fingerprint density at radius 1 is 0.729 bits per heavy atom. The Morgan fingerprint density at radius 2 is 1.27 bits per heavy atom. The highest BCUT2D eigenvalue weighted by Crippen LogP contribution is 2.39. The molecule has 0 spiro atoms. The van der Waals surface area contributed by atoms with E-state index in [-0.39, 0.29) is 0 Å². The smallest absolute Gasteiger partial charge is 0.309 e. The van der Waals surface area contributed by atoms with Crippen molar-refractivity contribution >= 4 is 29.8 Å². The van der Waals surface area contributed by atoms with Gasteiger partial charge in [-0.2, -0.15) is 0 Å². The molecule has 0 radical (unpaired) electrons. The van der Waals surface area contributed by atoms with Gasteiger partial charge in [0.05, 0.1) is 24.4 Å². The maximum Gasteiger partial charge on any atom is 0.309 e. The number of rotatable bonds is 17. The second-order valence-electron chi connectivity index (χ2n) is 12.5. The predicted molar refractivity (Wildman–Crippen MR) is 162 cm³/mol. The lowest BCUT2D eigenvalue weighted by Gasteiger charge is -2.47. The molecule has 0 saturated carbocycles. The average Bonchev–Trinajstić information content (AvgIpc) is 3.28. The molecule has 0 amide bonds. The first-order valence-corrected chi connectivity index (χ1v) is 16.4. The van der Waals surface area contributed by atoms with Crippen LogP contribution in [-0.4, -0.2) is 120 Å². The molecule has 0 aromatic heterocycles. The molecule has 16 heteroatoms. The van der Waals surface area contributed by atoms with E-state index < -0.39 is 122 Å². The molecule has 0 aliphatic carbocycles. The zero-order valence-electron chi connectivity index (χ0n) is 28.9. The fourth-order valence-electron chi connectivity index (χ4n) is 5.36. The van der Waals surface area contributed by atoms with Crippen LogP contribution in [-0.2, 0) is 61.9 Å². The Kier molecular flexibility index (Phi) is 16.1. The third-order valence-corrected chi connectivity index (χ3v) is 8.02. The molecule has 2 aliphatic heterocycles. The number of esters is 5. The summed E-state index contributed by atoms with van der Waals surface area (Å²) in [5.74, 6) is -8.19. The molecule has 3 N–H and O–H groups in total. The summed E-state index contributed by atoms with van der Waals surface area (Å²) in [6.07, 6.45) is -10.7. The van der Waals surface area contributed by atoms with E-state index in [1.807, 2.05) is 13.8 Å². The number of hydrogen-bond donors (Lipinski definition) is 3. The monoisotopic (exact) mass is 692 g/mol. The summed E-state index contributed by atoms with van der Waals surface area (Å²) in [5.41, 5.74) is 0. The molecule has 11 atom stereocenters. The average molecular weight is 693 g/mol. The van der Waals surface area contributed by atoms with Crippen molar-refractivity contribution in [2.24, 2.45) is 17.8 Å². The molecule has 0 aromatic rings. The van der Waals surface area contributed by atoms with Gasteiger partial charge in [0.15, 0.2) is 24.4 Å². The van der Waals surface area contributed by atoms with E-state index >= 15 is 0 Å². The SMILES string of the molecule is CCCC(C)C(=O)O[C@@H]1[C@@H](OC(=O)C(C)C)[C@@H](O[C@]2(CO)O[C@H](CO)[C@@H](OC(C)=O)[C@@H]2O)O[C@H](COC(C)=O)[C@H]1OC(=O)C(C)CCC. The number of ether oxygens (including phenoxy) is 8. The van der Waals surface area contributed by atoms with Gasteiger partial charge in [0.2, 0.25) is 12.1 Å². The van der Waals surface area contributed by atoms with Gasteiger partial charge < -0.3 is 53.2 Å². The van der Waals surface area contributed by atoms with Crippen molar-refractivity contribution in [2.75, 3.05) is 19.8 Å². The van der Waals surface area contributed by atoms with Crippen molar-refractivity contribution < 1.29 is 77.2 Å². The normalized spacial score (nSPS) is 31.4. The van der Waals surface area contributed by atoms with Crippen molar-refractivity contribution in [3.05, 3.63) is 0 Å². The minimum Gasteiger partial charge on any atom is -0.463 e. The molecule has 2 saturated heterocycles. The van der Waals surface area contributed by atoms with Crippen LogP contribution < -0.4 is 0 Å². The van der Waals surface area contributed by atoms with Crippen molar-refractivity contribution in [3.63, 3.8) is 0 Å². The lowest BCUT2D eigenvalue weighted by atomic mass is 9.96. The fraction of sp³-hybridized carbons (Fsp3) is 0.844. The van der Waals surface area contributed by atoms with Crippen LogP contribution in [0.1, 0.15) is 81.1 Å². The molecule has 2 rings (SSSR count). The molecule has 0 bridgehead atoms. The van der Waals surface area contributed by atoms with Crippen molar-refractivity contribution in [1.29, 1.82) is 0 Å². The Morgan fingerprint density at radius 3 is 1.73 bits per heavy atom. The summed E-state index contributed by atoms with van der Waals surface area (Å²) in [6.45, 7) is 9.87. The number of carbonyl (C=O) groups excluding carboxylic acids is 5. The summed E-state index contributed by atoms with van der Waals surface area (Å²) < 4.78 is 45.7. The van der Waals surface area contributed by atoms with E-state index in [4.69, 9.17) is 37.9 Å². The highest BCUT2D eigenvalue weighted by molar-refractivity contribution is 5.74. The van der Waals surface area contributed by atoms with Crippen LogP contribution in [0.15, 0.2) is 0 Å². The molecule has 2 aliphatic rings. The van der Waals surface area contributed by atoms with Gasteiger partial charge >= 0.3 is 29.8 Å². The zero-order chi connectivity index (χ0) is 36.3. The molecule has 48 heavy (non-hydrogen) atoms.